The number of nitrogens with zero attached hydrogens (tertiary/aromatic N) is 4. The first-order chi connectivity index (χ1) is 17.9. The Labute approximate surface area is 224 Å². The number of carbonyl (C=O) groups is 2. The van der Waals surface area contributed by atoms with Gasteiger partial charge in [-0.3, -0.25) is 4.79 Å². The molecular weight excluding hydrogens is 506 g/mol. The topological polar surface area (TPSA) is 114 Å². The van der Waals surface area contributed by atoms with E-state index in [0.717, 1.165) is 18.4 Å². The minimum atomic E-state index is -3.74. The van der Waals surface area contributed by atoms with E-state index in [2.05, 4.69) is 16.9 Å². The number of benzene rings is 1. The van der Waals surface area contributed by atoms with Crippen molar-refractivity contribution < 1.29 is 22.7 Å². The molecule has 10 nitrogen and oxygen atoms in total. The second-order valence-electron chi connectivity index (χ2n) is 10.6. The van der Waals surface area contributed by atoms with E-state index in [-0.39, 0.29) is 30.0 Å². The zero-order chi connectivity index (χ0) is 27.6. The lowest BCUT2D eigenvalue weighted by Gasteiger charge is -2.36. The monoisotopic (exact) mass is 541 g/mol. The fraction of sp³-hybridized carbons (Fsp3) is 0.444. The Morgan fingerprint density at radius 2 is 1.92 bits per heavy atom. The van der Waals surface area contributed by atoms with Gasteiger partial charge in [-0.05, 0) is 63.8 Å². The summed E-state index contributed by atoms with van der Waals surface area (Å²) in [6, 6.07) is 6.49. The smallest absolute Gasteiger partial charge is 0.410 e. The van der Waals surface area contributed by atoms with Gasteiger partial charge in [-0.1, -0.05) is 18.7 Å². The number of carbonyl (C=O) groups excluding carboxylic acids is 2. The molecule has 4 rings (SSSR count). The van der Waals surface area contributed by atoms with Gasteiger partial charge in [-0.15, -0.1) is 0 Å². The van der Waals surface area contributed by atoms with Crippen molar-refractivity contribution in [3.05, 3.63) is 60.7 Å². The number of aromatic nitrogens is 2. The van der Waals surface area contributed by atoms with Gasteiger partial charge in [0.2, 0.25) is 15.9 Å². The number of hydrogen-bond donors (Lipinski definition) is 1. The van der Waals surface area contributed by atoms with E-state index in [1.165, 1.54) is 10.4 Å². The number of imidazole rings is 1. The molecule has 11 heteroatoms. The van der Waals surface area contributed by atoms with Crippen LogP contribution in [-0.4, -0.2) is 69.9 Å². The van der Waals surface area contributed by atoms with E-state index in [1.807, 2.05) is 20.8 Å². The van der Waals surface area contributed by atoms with Gasteiger partial charge in [-0.2, -0.15) is 4.31 Å². The molecule has 38 heavy (non-hydrogen) atoms. The highest BCUT2D eigenvalue weighted by Crippen LogP contribution is 2.40. The van der Waals surface area contributed by atoms with Crippen molar-refractivity contribution >= 4 is 34.3 Å². The minimum Gasteiger partial charge on any atom is -0.444 e. The third-order valence-corrected chi connectivity index (χ3v) is 8.66. The third kappa shape index (κ3) is 5.99. The summed E-state index contributed by atoms with van der Waals surface area (Å²) < 4.78 is 35.5. The fourth-order valence-corrected chi connectivity index (χ4v) is 6.44. The Balaban J connectivity index is 1.36. The van der Waals surface area contributed by atoms with Crippen molar-refractivity contribution in [2.24, 2.45) is 0 Å². The summed E-state index contributed by atoms with van der Waals surface area (Å²) >= 11 is 0. The van der Waals surface area contributed by atoms with Crippen molar-refractivity contribution in [2.45, 2.75) is 62.6 Å². The van der Waals surface area contributed by atoms with Crippen LogP contribution >= 0.6 is 0 Å². The predicted octanol–water partition coefficient (Wildman–Crippen LogP) is 3.48. The molecule has 2 aliphatic rings. The second-order valence-corrected chi connectivity index (χ2v) is 12.6. The molecule has 1 aromatic carbocycles. The summed E-state index contributed by atoms with van der Waals surface area (Å²) in [4.78, 5) is 31.0. The van der Waals surface area contributed by atoms with Crippen LogP contribution in [0.25, 0.3) is 12.3 Å². The molecule has 2 aromatic rings. The van der Waals surface area contributed by atoms with Crippen LogP contribution < -0.4 is 5.32 Å². The highest BCUT2D eigenvalue weighted by Gasteiger charge is 2.51. The summed E-state index contributed by atoms with van der Waals surface area (Å²) in [7, 11) is -3.74. The molecule has 0 saturated carbocycles. The SMILES string of the molecule is C=Cc1nccn1/C=C/C(=O)NCc1ccc(S(=O)(=O)N2CCC3(CCCN3C(=O)OC(C)(C)C)C2)cc1. The lowest BCUT2D eigenvalue weighted by molar-refractivity contribution is -0.116. The molecule has 3 heterocycles. The second kappa shape index (κ2) is 10.7. The van der Waals surface area contributed by atoms with E-state index >= 15 is 0 Å². The van der Waals surface area contributed by atoms with Crippen molar-refractivity contribution in [3.63, 3.8) is 0 Å². The highest BCUT2D eigenvalue weighted by atomic mass is 32.2. The number of ether oxygens (including phenoxy) is 1. The van der Waals surface area contributed by atoms with E-state index in [9.17, 15) is 18.0 Å². The van der Waals surface area contributed by atoms with E-state index in [0.29, 0.717) is 25.3 Å². The van der Waals surface area contributed by atoms with Crippen LogP contribution in [-0.2, 0) is 26.1 Å². The zero-order valence-electron chi connectivity index (χ0n) is 22.1. The lowest BCUT2D eigenvalue weighted by Crippen LogP contribution is -2.51. The minimum absolute atomic E-state index is 0.184. The molecular formula is C27H35N5O5S. The Morgan fingerprint density at radius 1 is 1.18 bits per heavy atom. The molecule has 2 fully saturated rings. The Morgan fingerprint density at radius 3 is 2.61 bits per heavy atom. The maximum absolute atomic E-state index is 13.4. The van der Waals surface area contributed by atoms with Crippen LogP contribution in [0.2, 0.25) is 0 Å². The van der Waals surface area contributed by atoms with Crippen LogP contribution in [0.1, 0.15) is 51.4 Å². The van der Waals surface area contributed by atoms with Crippen LogP contribution in [0.5, 0.6) is 0 Å². The highest BCUT2D eigenvalue weighted by molar-refractivity contribution is 7.89. The summed E-state index contributed by atoms with van der Waals surface area (Å²) in [5, 5.41) is 2.78. The summed E-state index contributed by atoms with van der Waals surface area (Å²) in [5.74, 6) is 0.333. The van der Waals surface area contributed by atoms with Gasteiger partial charge >= 0.3 is 6.09 Å². The lowest BCUT2D eigenvalue weighted by atomic mass is 9.95. The summed E-state index contributed by atoms with van der Waals surface area (Å²) in [6.45, 7) is 10.6. The Bertz CT molecular complexity index is 1330. The first-order valence-corrected chi connectivity index (χ1v) is 14.1. The standard InChI is InChI=1S/C27H35N5O5S/c1-5-23-28-14-18-30(23)16-11-24(33)29-19-21-7-9-22(10-8-21)38(35,36)31-17-13-27(20-31)12-6-15-32(27)25(34)37-26(2,3)4/h5,7-11,14,16,18H,1,6,12-13,15,17,19-20H2,2-4H3,(H,29,33)/b16-11+. The van der Waals surface area contributed by atoms with Crippen molar-refractivity contribution in [1.82, 2.24) is 24.1 Å². The Kier molecular flexibility index (Phi) is 7.80. The molecule has 0 aliphatic carbocycles. The molecule has 1 N–H and O–H groups in total. The Hall–Kier alpha value is -3.44. The maximum Gasteiger partial charge on any atom is 0.410 e. The number of rotatable bonds is 7. The van der Waals surface area contributed by atoms with Crippen LogP contribution in [0.3, 0.4) is 0 Å². The largest absolute Gasteiger partial charge is 0.444 e. The van der Waals surface area contributed by atoms with Crippen LogP contribution in [0.15, 0.2) is 54.2 Å². The van der Waals surface area contributed by atoms with Crippen molar-refractivity contribution in [2.75, 3.05) is 19.6 Å². The van der Waals surface area contributed by atoms with Gasteiger partial charge in [0.1, 0.15) is 11.4 Å². The van der Waals surface area contributed by atoms with Crippen LogP contribution in [0.4, 0.5) is 4.79 Å². The maximum atomic E-state index is 13.4. The fourth-order valence-electron chi connectivity index (χ4n) is 4.92. The molecule has 0 radical (unpaired) electrons. The molecule has 1 atom stereocenters. The van der Waals surface area contributed by atoms with E-state index < -0.39 is 21.2 Å². The molecule has 2 saturated heterocycles. The van der Waals surface area contributed by atoms with Crippen molar-refractivity contribution in [1.29, 1.82) is 0 Å². The third-order valence-electron chi connectivity index (χ3n) is 6.80. The molecule has 1 unspecified atom stereocenters. The van der Waals surface area contributed by atoms with Crippen LogP contribution in [0, 0.1) is 0 Å². The number of hydrogen-bond acceptors (Lipinski definition) is 6. The molecule has 0 bridgehead atoms. The summed E-state index contributed by atoms with van der Waals surface area (Å²) in [6.07, 6.45) is 9.65. The van der Waals surface area contributed by atoms with Gasteiger partial charge in [0.15, 0.2) is 0 Å². The van der Waals surface area contributed by atoms with E-state index in [4.69, 9.17) is 4.74 Å². The molecule has 2 aliphatic heterocycles. The predicted molar refractivity (Wildman–Crippen MR) is 144 cm³/mol. The average Bonchev–Trinajstić information content (AvgIpc) is 3.61. The van der Waals surface area contributed by atoms with E-state index in [1.54, 1.807) is 58.4 Å². The number of sulfonamides is 1. The zero-order valence-corrected chi connectivity index (χ0v) is 22.9. The number of likely N-dealkylation sites (tertiary alicyclic amines) is 1. The van der Waals surface area contributed by atoms with Gasteiger partial charge in [0.25, 0.3) is 0 Å². The molecule has 1 spiro atoms. The molecule has 2 amide bonds. The van der Waals surface area contributed by atoms with Gasteiger partial charge in [0.05, 0.1) is 10.4 Å². The molecule has 1 aromatic heterocycles. The summed E-state index contributed by atoms with van der Waals surface area (Å²) in [5.41, 5.74) is -0.376. The van der Waals surface area contributed by atoms with Crippen molar-refractivity contribution in [3.8, 4) is 0 Å². The number of nitrogens with one attached hydrogen (secondary N) is 1. The van der Waals surface area contributed by atoms with Gasteiger partial charge in [-0.25, -0.2) is 18.2 Å². The van der Waals surface area contributed by atoms with Gasteiger partial charge in [0, 0.05) is 50.8 Å². The number of amides is 2. The molecule has 204 valence electrons. The first kappa shape index (κ1) is 27.6. The average molecular weight is 542 g/mol. The normalized spacial score (nSPS) is 20.3. The first-order valence-electron chi connectivity index (χ1n) is 12.6. The van der Waals surface area contributed by atoms with Gasteiger partial charge < -0.3 is 19.5 Å². The quantitative estimate of drug-likeness (QED) is 0.537.